The summed E-state index contributed by atoms with van der Waals surface area (Å²) in [7, 11) is 1.68. The summed E-state index contributed by atoms with van der Waals surface area (Å²) >= 11 is 5.78. The van der Waals surface area contributed by atoms with E-state index in [9.17, 15) is 18.0 Å². The lowest BCUT2D eigenvalue weighted by molar-refractivity contribution is -0.145. The molecule has 0 atom stereocenters. The fraction of sp³-hybridized carbons (Fsp3) is 0.474. The van der Waals surface area contributed by atoms with Crippen LogP contribution in [0.1, 0.15) is 43.6 Å². The highest BCUT2D eigenvalue weighted by atomic mass is 35.5. The second-order valence-electron chi connectivity index (χ2n) is 7.44. The monoisotopic (exact) mass is 397 g/mol. The first-order valence-corrected chi connectivity index (χ1v) is 9.34. The summed E-state index contributed by atoms with van der Waals surface area (Å²) in [5.41, 5.74) is 2.00. The van der Waals surface area contributed by atoms with Crippen molar-refractivity contribution in [2.75, 3.05) is 5.32 Å². The first kappa shape index (κ1) is 18.3. The van der Waals surface area contributed by atoms with Gasteiger partial charge in [-0.2, -0.15) is 5.10 Å². The predicted molar refractivity (Wildman–Crippen MR) is 96.5 cm³/mol. The van der Waals surface area contributed by atoms with Crippen molar-refractivity contribution in [1.29, 1.82) is 0 Å². The summed E-state index contributed by atoms with van der Waals surface area (Å²) in [4.78, 5) is 12.4. The van der Waals surface area contributed by atoms with Crippen molar-refractivity contribution in [3.63, 3.8) is 0 Å². The van der Waals surface area contributed by atoms with Crippen LogP contribution in [0.25, 0.3) is 11.3 Å². The summed E-state index contributed by atoms with van der Waals surface area (Å²) in [5, 5.41) is 7.30. The summed E-state index contributed by atoms with van der Waals surface area (Å²) in [6.45, 7) is 0. The molecule has 2 saturated carbocycles. The van der Waals surface area contributed by atoms with E-state index in [0.29, 0.717) is 17.1 Å². The van der Waals surface area contributed by atoms with Gasteiger partial charge in [0.15, 0.2) is 0 Å². The second kappa shape index (κ2) is 6.55. The third-order valence-corrected chi connectivity index (χ3v) is 5.80. The Balaban J connectivity index is 1.68. The molecule has 1 heterocycles. The van der Waals surface area contributed by atoms with Crippen molar-refractivity contribution in [1.82, 2.24) is 9.78 Å². The lowest BCUT2D eigenvalue weighted by atomic mass is 9.78. The van der Waals surface area contributed by atoms with Gasteiger partial charge >= 0.3 is 0 Å². The lowest BCUT2D eigenvalue weighted by Crippen LogP contribution is -2.42. The molecule has 2 aliphatic carbocycles. The van der Waals surface area contributed by atoms with Gasteiger partial charge in [0.25, 0.3) is 0 Å². The lowest BCUT2D eigenvalue weighted by Gasteiger charge is -2.34. The van der Waals surface area contributed by atoms with Crippen molar-refractivity contribution >= 4 is 23.3 Å². The van der Waals surface area contributed by atoms with E-state index in [2.05, 4.69) is 10.4 Å². The average molecular weight is 398 g/mol. The minimum atomic E-state index is -2.75. The van der Waals surface area contributed by atoms with Gasteiger partial charge in [-0.15, -0.1) is 0 Å². The minimum absolute atomic E-state index is 0.0271. The topological polar surface area (TPSA) is 46.9 Å². The number of hydrogen-bond acceptors (Lipinski definition) is 2. The molecule has 8 heteroatoms. The average Bonchev–Trinajstić information content (AvgIpc) is 2.83. The maximum Gasteiger partial charge on any atom is 0.249 e. The van der Waals surface area contributed by atoms with E-state index in [0.717, 1.165) is 24.8 Å². The van der Waals surface area contributed by atoms with Gasteiger partial charge in [0.05, 0.1) is 10.7 Å². The molecule has 1 N–H and O–H groups in total. The Morgan fingerprint density at radius 1 is 1.33 bits per heavy atom. The standard InChI is InChI=1S/C19H19ClF3N3O/c1-26-17(24-18(27)12-8-19(22,23)9-12)15(10-3-2-4-10)16(25-26)11-5-6-13(20)14(21)7-11/h5-7,10,12H,2-4,8-9H2,1H3,(H,24,27). The number of carbonyl (C=O) groups is 1. The highest BCUT2D eigenvalue weighted by Gasteiger charge is 2.49. The van der Waals surface area contributed by atoms with Crippen LogP contribution >= 0.6 is 11.6 Å². The van der Waals surface area contributed by atoms with Crippen molar-refractivity contribution in [2.45, 2.75) is 43.9 Å². The third kappa shape index (κ3) is 3.33. The number of halogens is 4. The molecule has 2 fully saturated rings. The first-order valence-electron chi connectivity index (χ1n) is 8.96. The van der Waals surface area contributed by atoms with E-state index in [4.69, 9.17) is 11.6 Å². The molecule has 1 aromatic carbocycles. The molecule has 0 saturated heterocycles. The van der Waals surface area contributed by atoms with E-state index in [1.807, 2.05) is 0 Å². The van der Waals surface area contributed by atoms with E-state index in [-0.39, 0.29) is 10.9 Å². The number of alkyl halides is 2. The molecule has 2 aliphatic rings. The number of nitrogens with zero attached hydrogens (tertiary/aromatic N) is 2. The minimum Gasteiger partial charge on any atom is -0.310 e. The Hall–Kier alpha value is -2.02. The zero-order valence-electron chi connectivity index (χ0n) is 14.7. The normalized spacial score (nSPS) is 19.4. The zero-order chi connectivity index (χ0) is 19.3. The van der Waals surface area contributed by atoms with Gasteiger partial charge in [0.1, 0.15) is 11.6 Å². The van der Waals surface area contributed by atoms with E-state index in [1.165, 1.54) is 16.8 Å². The molecular weight excluding hydrogens is 379 g/mol. The summed E-state index contributed by atoms with van der Waals surface area (Å²) in [5.74, 6) is -3.70. The number of rotatable bonds is 4. The van der Waals surface area contributed by atoms with E-state index in [1.54, 1.807) is 13.1 Å². The van der Waals surface area contributed by atoms with Crippen LogP contribution in [0.15, 0.2) is 18.2 Å². The Labute approximate surface area is 159 Å². The van der Waals surface area contributed by atoms with Gasteiger partial charge in [-0.05, 0) is 30.9 Å². The number of aryl methyl sites for hydroxylation is 1. The quantitative estimate of drug-likeness (QED) is 0.777. The Morgan fingerprint density at radius 3 is 2.59 bits per heavy atom. The molecule has 4 rings (SSSR count). The van der Waals surface area contributed by atoms with Crippen molar-refractivity contribution in [2.24, 2.45) is 13.0 Å². The molecule has 4 nitrogen and oxygen atoms in total. The van der Waals surface area contributed by atoms with Crippen molar-refractivity contribution in [3.05, 3.63) is 34.6 Å². The molecule has 144 valence electrons. The number of nitrogens with one attached hydrogen (secondary N) is 1. The van der Waals surface area contributed by atoms with Gasteiger partial charge in [0.2, 0.25) is 11.8 Å². The fourth-order valence-corrected chi connectivity index (χ4v) is 3.81. The van der Waals surface area contributed by atoms with Crippen molar-refractivity contribution < 1.29 is 18.0 Å². The number of carbonyl (C=O) groups excluding carboxylic acids is 1. The van der Waals surface area contributed by atoms with Crippen LogP contribution in [0.4, 0.5) is 19.0 Å². The van der Waals surface area contributed by atoms with E-state index < -0.39 is 36.4 Å². The number of anilines is 1. The van der Waals surface area contributed by atoms with Crippen LogP contribution in [-0.4, -0.2) is 21.6 Å². The highest BCUT2D eigenvalue weighted by Crippen LogP contribution is 2.46. The fourth-order valence-electron chi connectivity index (χ4n) is 3.69. The van der Waals surface area contributed by atoms with Gasteiger partial charge in [-0.25, -0.2) is 13.2 Å². The molecule has 2 aromatic rings. The van der Waals surface area contributed by atoms with Gasteiger partial charge in [-0.3, -0.25) is 9.48 Å². The molecule has 1 aromatic heterocycles. The smallest absolute Gasteiger partial charge is 0.249 e. The van der Waals surface area contributed by atoms with E-state index >= 15 is 0 Å². The molecule has 0 bridgehead atoms. The number of amides is 1. The highest BCUT2D eigenvalue weighted by molar-refractivity contribution is 6.30. The number of aromatic nitrogens is 2. The van der Waals surface area contributed by atoms with Crippen LogP contribution < -0.4 is 5.32 Å². The Morgan fingerprint density at radius 2 is 2.04 bits per heavy atom. The zero-order valence-corrected chi connectivity index (χ0v) is 15.5. The summed E-state index contributed by atoms with van der Waals surface area (Å²) in [6, 6.07) is 4.49. The largest absolute Gasteiger partial charge is 0.310 e. The summed E-state index contributed by atoms with van der Waals surface area (Å²) < 4.78 is 41.6. The van der Waals surface area contributed by atoms with Gasteiger partial charge < -0.3 is 5.32 Å². The molecule has 0 radical (unpaired) electrons. The molecule has 27 heavy (non-hydrogen) atoms. The van der Waals surface area contributed by atoms with Crippen LogP contribution in [0.2, 0.25) is 5.02 Å². The number of hydrogen-bond donors (Lipinski definition) is 1. The SMILES string of the molecule is Cn1nc(-c2ccc(Cl)c(F)c2)c(C2CCC2)c1NC(=O)C1CC(F)(F)C1. The molecular formula is C19H19ClF3N3O. The van der Waals surface area contributed by atoms with Crippen LogP contribution in [0.5, 0.6) is 0 Å². The first-order chi connectivity index (χ1) is 12.7. The maximum atomic E-state index is 13.9. The maximum absolute atomic E-state index is 13.9. The predicted octanol–water partition coefficient (Wildman–Crippen LogP) is 5.13. The van der Waals surface area contributed by atoms with Gasteiger partial charge in [0, 0.05) is 36.9 Å². The molecule has 0 spiro atoms. The third-order valence-electron chi connectivity index (χ3n) is 5.49. The molecule has 1 amide bonds. The number of benzene rings is 1. The Kier molecular flexibility index (Phi) is 4.45. The Bertz CT molecular complexity index is 900. The molecule has 0 unspecified atom stereocenters. The van der Waals surface area contributed by atoms with Crippen LogP contribution in [-0.2, 0) is 11.8 Å². The summed E-state index contributed by atoms with van der Waals surface area (Å²) in [6.07, 6.45) is 2.10. The van der Waals surface area contributed by atoms with Crippen LogP contribution in [0, 0.1) is 11.7 Å². The van der Waals surface area contributed by atoms with Crippen LogP contribution in [0.3, 0.4) is 0 Å². The van der Waals surface area contributed by atoms with Crippen molar-refractivity contribution in [3.8, 4) is 11.3 Å². The second-order valence-corrected chi connectivity index (χ2v) is 7.85. The van der Waals surface area contributed by atoms with Gasteiger partial charge in [-0.1, -0.05) is 24.1 Å². The molecule has 0 aliphatic heterocycles.